The first-order valence-electron chi connectivity index (χ1n) is 6.87. The number of fused-ring (bicyclic) bond motifs is 1. The topological polar surface area (TPSA) is 37.9 Å². The molecule has 0 amide bonds. The molecule has 2 aromatic rings. The van der Waals surface area contributed by atoms with Crippen LogP contribution in [-0.4, -0.2) is 24.9 Å². The Balaban J connectivity index is 1.96. The van der Waals surface area contributed by atoms with Crippen molar-refractivity contribution < 1.29 is 4.43 Å². The highest BCUT2D eigenvalue weighted by Gasteiger charge is 2.36. The smallest absolute Gasteiger partial charge is 0.191 e. The van der Waals surface area contributed by atoms with Crippen molar-refractivity contribution in [3.63, 3.8) is 0 Å². The first kappa shape index (κ1) is 14.3. The Hall–Kier alpha value is -1.13. The van der Waals surface area contributed by atoms with Crippen LogP contribution in [0.25, 0.3) is 11.0 Å². The normalized spacial score (nSPS) is 13.1. The van der Waals surface area contributed by atoms with E-state index in [-0.39, 0.29) is 5.04 Å². The van der Waals surface area contributed by atoms with Crippen LogP contribution in [0.2, 0.25) is 18.1 Å². The molecule has 4 heteroatoms. The molecule has 0 saturated heterocycles. The van der Waals surface area contributed by atoms with Crippen molar-refractivity contribution in [2.75, 3.05) is 6.61 Å². The molecule has 0 bridgehead atoms. The number of benzene rings is 1. The van der Waals surface area contributed by atoms with Gasteiger partial charge in [0.25, 0.3) is 0 Å². The summed E-state index contributed by atoms with van der Waals surface area (Å²) < 4.78 is 6.17. The predicted octanol–water partition coefficient (Wildman–Crippen LogP) is 4.13. The highest BCUT2D eigenvalue weighted by Crippen LogP contribution is 2.36. The molecular formula is C15H24N2OSi. The van der Waals surface area contributed by atoms with Gasteiger partial charge in [0.1, 0.15) is 5.82 Å². The molecule has 0 radical (unpaired) electrons. The molecule has 0 aliphatic carbocycles. The van der Waals surface area contributed by atoms with Gasteiger partial charge >= 0.3 is 0 Å². The molecule has 0 fully saturated rings. The monoisotopic (exact) mass is 276 g/mol. The van der Waals surface area contributed by atoms with E-state index < -0.39 is 8.32 Å². The van der Waals surface area contributed by atoms with E-state index in [0.717, 1.165) is 29.9 Å². The van der Waals surface area contributed by atoms with Crippen LogP contribution in [-0.2, 0) is 10.8 Å². The third-order valence-corrected chi connectivity index (χ3v) is 8.58. The van der Waals surface area contributed by atoms with Gasteiger partial charge in [0.15, 0.2) is 8.32 Å². The molecule has 0 aliphatic heterocycles. The quantitative estimate of drug-likeness (QED) is 0.853. The zero-order valence-electron chi connectivity index (χ0n) is 12.6. The van der Waals surface area contributed by atoms with Crippen molar-refractivity contribution in [2.24, 2.45) is 0 Å². The molecule has 1 aromatic heterocycles. The Labute approximate surface area is 116 Å². The van der Waals surface area contributed by atoms with Gasteiger partial charge in [0.2, 0.25) is 0 Å². The lowest BCUT2D eigenvalue weighted by Crippen LogP contribution is -2.41. The minimum Gasteiger partial charge on any atom is -0.416 e. The molecule has 0 spiro atoms. The van der Waals surface area contributed by atoms with Crippen LogP contribution in [0.4, 0.5) is 0 Å². The first-order chi connectivity index (χ1) is 8.79. The average Bonchev–Trinajstić information content (AvgIpc) is 2.69. The van der Waals surface area contributed by atoms with Crippen molar-refractivity contribution in [1.82, 2.24) is 9.97 Å². The molecule has 3 nitrogen and oxygen atoms in total. The molecular weight excluding hydrogens is 252 g/mol. The predicted molar refractivity (Wildman–Crippen MR) is 82.9 cm³/mol. The van der Waals surface area contributed by atoms with Crippen molar-refractivity contribution >= 4 is 19.4 Å². The number of aromatic nitrogens is 2. The third-order valence-electron chi connectivity index (χ3n) is 4.05. The Morgan fingerprint density at radius 3 is 2.53 bits per heavy atom. The van der Waals surface area contributed by atoms with E-state index in [0.29, 0.717) is 0 Å². The van der Waals surface area contributed by atoms with Crippen LogP contribution in [0, 0.1) is 0 Å². The van der Waals surface area contributed by atoms with Gasteiger partial charge in [0, 0.05) is 13.0 Å². The number of nitrogens with one attached hydrogen (secondary N) is 1. The summed E-state index contributed by atoms with van der Waals surface area (Å²) in [7, 11) is -1.64. The molecule has 1 aromatic carbocycles. The van der Waals surface area contributed by atoms with Crippen molar-refractivity contribution in [3.8, 4) is 0 Å². The van der Waals surface area contributed by atoms with E-state index in [2.05, 4.69) is 49.9 Å². The average molecular weight is 276 g/mol. The molecule has 2 rings (SSSR count). The number of H-pyrrole nitrogens is 1. The highest BCUT2D eigenvalue weighted by atomic mass is 28.4. The molecule has 104 valence electrons. The Morgan fingerprint density at radius 1 is 1.21 bits per heavy atom. The summed E-state index contributed by atoms with van der Waals surface area (Å²) in [6.45, 7) is 12.1. The fourth-order valence-electron chi connectivity index (χ4n) is 1.74. The van der Waals surface area contributed by atoms with Gasteiger partial charge in [-0.1, -0.05) is 32.9 Å². The first-order valence-corrected chi connectivity index (χ1v) is 9.78. The maximum absolute atomic E-state index is 6.17. The summed E-state index contributed by atoms with van der Waals surface area (Å²) in [4.78, 5) is 7.92. The summed E-state index contributed by atoms with van der Waals surface area (Å²) in [6.07, 6.45) is 0.848. The SMILES string of the molecule is CC(C)(C)[Si](C)(C)OCCc1nc2ccccc2[nH]1. The van der Waals surface area contributed by atoms with Crippen LogP contribution in [0.15, 0.2) is 24.3 Å². The van der Waals surface area contributed by atoms with E-state index in [1.54, 1.807) is 0 Å². The second-order valence-electron chi connectivity index (χ2n) is 6.56. The summed E-state index contributed by atoms with van der Waals surface area (Å²) in [5.41, 5.74) is 2.13. The van der Waals surface area contributed by atoms with Crippen molar-refractivity contribution in [3.05, 3.63) is 30.1 Å². The summed E-state index contributed by atoms with van der Waals surface area (Å²) in [5.74, 6) is 1.01. The van der Waals surface area contributed by atoms with E-state index in [1.807, 2.05) is 18.2 Å². The van der Waals surface area contributed by atoms with E-state index in [9.17, 15) is 0 Å². The highest BCUT2D eigenvalue weighted by molar-refractivity contribution is 6.74. The summed E-state index contributed by atoms with van der Waals surface area (Å²) in [6, 6.07) is 8.13. The molecule has 0 unspecified atom stereocenters. The van der Waals surface area contributed by atoms with Gasteiger partial charge in [-0.3, -0.25) is 0 Å². The maximum Gasteiger partial charge on any atom is 0.191 e. The van der Waals surface area contributed by atoms with Gasteiger partial charge in [-0.15, -0.1) is 0 Å². The lowest BCUT2D eigenvalue weighted by atomic mass is 10.2. The van der Waals surface area contributed by atoms with Crippen LogP contribution in [0.3, 0.4) is 0 Å². The number of para-hydroxylation sites is 2. The number of hydrogen-bond acceptors (Lipinski definition) is 2. The minimum atomic E-state index is -1.64. The van der Waals surface area contributed by atoms with Crippen LogP contribution in [0.1, 0.15) is 26.6 Å². The van der Waals surface area contributed by atoms with Crippen molar-refractivity contribution in [1.29, 1.82) is 0 Å². The molecule has 0 atom stereocenters. The van der Waals surface area contributed by atoms with Crippen LogP contribution >= 0.6 is 0 Å². The second kappa shape index (κ2) is 5.10. The van der Waals surface area contributed by atoms with Gasteiger partial charge in [0.05, 0.1) is 11.0 Å². The van der Waals surface area contributed by atoms with E-state index >= 15 is 0 Å². The zero-order chi connectivity index (χ0) is 14.1. The molecule has 0 aliphatic rings. The Bertz CT molecular complexity index is 522. The number of imidazole rings is 1. The summed E-state index contributed by atoms with van der Waals surface area (Å²) >= 11 is 0. The number of aromatic amines is 1. The number of hydrogen-bond donors (Lipinski definition) is 1. The lowest BCUT2D eigenvalue weighted by molar-refractivity contribution is 0.290. The zero-order valence-corrected chi connectivity index (χ0v) is 13.6. The van der Waals surface area contributed by atoms with Gasteiger partial charge in [-0.05, 0) is 30.3 Å². The molecule has 0 saturated carbocycles. The van der Waals surface area contributed by atoms with Gasteiger partial charge in [-0.25, -0.2) is 4.98 Å². The minimum absolute atomic E-state index is 0.265. The molecule has 1 heterocycles. The fraction of sp³-hybridized carbons (Fsp3) is 0.533. The Morgan fingerprint density at radius 2 is 1.89 bits per heavy atom. The van der Waals surface area contributed by atoms with Crippen LogP contribution < -0.4 is 0 Å². The van der Waals surface area contributed by atoms with Gasteiger partial charge in [-0.2, -0.15) is 0 Å². The second-order valence-corrected chi connectivity index (χ2v) is 11.4. The van der Waals surface area contributed by atoms with E-state index in [1.165, 1.54) is 0 Å². The lowest BCUT2D eigenvalue weighted by Gasteiger charge is -2.36. The number of nitrogens with zero attached hydrogens (tertiary/aromatic N) is 1. The maximum atomic E-state index is 6.17. The van der Waals surface area contributed by atoms with Crippen molar-refractivity contribution in [2.45, 2.75) is 45.3 Å². The fourth-order valence-corrected chi connectivity index (χ4v) is 2.79. The molecule has 19 heavy (non-hydrogen) atoms. The third kappa shape index (κ3) is 3.25. The van der Waals surface area contributed by atoms with Crippen LogP contribution in [0.5, 0.6) is 0 Å². The van der Waals surface area contributed by atoms with E-state index in [4.69, 9.17) is 4.43 Å². The summed E-state index contributed by atoms with van der Waals surface area (Å²) in [5, 5.41) is 0.265. The Kier molecular flexibility index (Phi) is 3.83. The standard InChI is InChI=1S/C15H24N2OSi/c1-15(2,3)19(4,5)18-11-10-14-16-12-8-6-7-9-13(12)17-14/h6-9H,10-11H2,1-5H3,(H,16,17). The largest absolute Gasteiger partial charge is 0.416 e. The molecule has 1 N–H and O–H groups in total. The number of rotatable bonds is 4. The van der Waals surface area contributed by atoms with Gasteiger partial charge < -0.3 is 9.41 Å².